The Labute approximate surface area is 167 Å². The van der Waals surface area contributed by atoms with E-state index in [1.807, 2.05) is 29.2 Å². The van der Waals surface area contributed by atoms with Crippen LogP contribution in [0.4, 0.5) is 4.79 Å². The number of urea groups is 1. The quantitative estimate of drug-likeness (QED) is 0.839. The highest BCUT2D eigenvalue weighted by Gasteiger charge is 2.33. The van der Waals surface area contributed by atoms with Gasteiger partial charge in [0.2, 0.25) is 5.91 Å². The fourth-order valence-electron chi connectivity index (χ4n) is 4.16. The van der Waals surface area contributed by atoms with Gasteiger partial charge in [0, 0.05) is 51.9 Å². The number of likely N-dealkylation sites (tertiary alicyclic amines) is 1. The Morgan fingerprint density at radius 3 is 2.29 bits per heavy atom. The van der Waals surface area contributed by atoms with Crippen molar-refractivity contribution in [2.45, 2.75) is 51.2 Å². The Kier molecular flexibility index (Phi) is 7.14. The zero-order chi connectivity index (χ0) is 19.9. The van der Waals surface area contributed by atoms with Crippen LogP contribution < -0.4 is 10.1 Å². The van der Waals surface area contributed by atoms with Crippen LogP contribution in [0.5, 0.6) is 5.75 Å². The van der Waals surface area contributed by atoms with Crippen molar-refractivity contribution in [3.63, 3.8) is 0 Å². The van der Waals surface area contributed by atoms with Gasteiger partial charge in [-0.2, -0.15) is 0 Å². The van der Waals surface area contributed by atoms with Gasteiger partial charge in [0.25, 0.3) is 0 Å². The maximum atomic E-state index is 12.5. The Balaban J connectivity index is 1.47. The average molecular weight is 389 g/mol. The number of benzene rings is 1. The first-order valence-corrected chi connectivity index (χ1v) is 10.1. The van der Waals surface area contributed by atoms with Crippen molar-refractivity contribution >= 4 is 11.9 Å². The minimum absolute atomic E-state index is 0.0466. The summed E-state index contributed by atoms with van der Waals surface area (Å²) >= 11 is 0. The SMILES string of the molecule is COc1ccc(CNC(=O)N2CCC(N(C(C)=O)C3CCOCC3)CC2)cc1. The van der Waals surface area contributed by atoms with E-state index in [2.05, 4.69) is 10.2 Å². The molecule has 28 heavy (non-hydrogen) atoms. The molecule has 2 aliphatic rings. The topological polar surface area (TPSA) is 71.1 Å². The number of rotatable bonds is 5. The van der Waals surface area contributed by atoms with E-state index in [9.17, 15) is 9.59 Å². The largest absolute Gasteiger partial charge is 0.497 e. The van der Waals surface area contributed by atoms with Crippen LogP contribution in [0.3, 0.4) is 0 Å². The number of hydrogen-bond donors (Lipinski definition) is 1. The molecule has 0 aromatic heterocycles. The van der Waals surface area contributed by atoms with Gasteiger partial charge < -0.3 is 24.6 Å². The number of amides is 3. The van der Waals surface area contributed by atoms with Crippen LogP contribution in [-0.2, 0) is 16.1 Å². The van der Waals surface area contributed by atoms with Crippen molar-refractivity contribution in [3.8, 4) is 5.75 Å². The molecule has 3 rings (SSSR count). The molecule has 0 unspecified atom stereocenters. The van der Waals surface area contributed by atoms with E-state index in [0.29, 0.717) is 19.6 Å². The third-order valence-corrected chi connectivity index (χ3v) is 5.70. The maximum Gasteiger partial charge on any atom is 0.317 e. The second-order valence-corrected chi connectivity index (χ2v) is 7.49. The fourth-order valence-corrected chi connectivity index (χ4v) is 4.16. The van der Waals surface area contributed by atoms with Crippen molar-refractivity contribution in [2.24, 2.45) is 0 Å². The van der Waals surface area contributed by atoms with Gasteiger partial charge in [0.15, 0.2) is 0 Å². The van der Waals surface area contributed by atoms with E-state index >= 15 is 0 Å². The lowest BCUT2D eigenvalue weighted by atomic mass is 9.98. The normalized spacial score (nSPS) is 18.6. The molecule has 0 atom stereocenters. The summed E-state index contributed by atoms with van der Waals surface area (Å²) in [6, 6.07) is 8.11. The Morgan fingerprint density at radius 2 is 1.71 bits per heavy atom. The summed E-state index contributed by atoms with van der Waals surface area (Å²) in [4.78, 5) is 28.6. The average Bonchev–Trinajstić information content (AvgIpc) is 2.73. The van der Waals surface area contributed by atoms with Gasteiger partial charge in [-0.05, 0) is 43.4 Å². The lowest BCUT2D eigenvalue weighted by molar-refractivity contribution is -0.137. The number of ether oxygens (including phenoxy) is 2. The van der Waals surface area contributed by atoms with Crippen LogP contribution in [0.1, 0.15) is 38.2 Å². The number of nitrogens with one attached hydrogen (secondary N) is 1. The number of carbonyl (C=O) groups is 2. The van der Waals surface area contributed by atoms with E-state index in [1.54, 1.807) is 14.0 Å². The summed E-state index contributed by atoms with van der Waals surface area (Å²) in [6.07, 6.45) is 3.46. The molecule has 0 aliphatic carbocycles. The Morgan fingerprint density at radius 1 is 1.11 bits per heavy atom. The van der Waals surface area contributed by atoms with Gasteiger partial charge in [0.1, 0.15) is 5.75 Å². The summed E-state index contributed by atoms with van der Waals surface area (Å²) in [5.74, 6) is 0.936. The molecular weight excluding hydrogens is 358 g/mol. The summed E-state index contributed by atoms with van der Waals surface area (Å²) < 4.78 is 10.6. The zero-order valence-corrected chi connectivity index (χ0v) is 16.9. The predicted octanol–water partition coefficient (Wildman–Crippen LogP) is 2.40. The van der Waals surface area contributed by atoms with Crippen molar-refractivity contribution in [1.29, 1.82) is 0 Å². The zero-order valence-electron chi connectivity index (χ0n) is 16.9. The van der Waals surface area contributed by atoms with Crippen LogP contribution in [0, 0.1) is 0 Å². The minimum atomic E-state index is -0.0466. The Hall–Kier alpha value is -2.28. The maximum absolute atomic E-state index is 12.5. The van der Waals surface area contributed by atoms with Crippen LogP contribution in [0.25, 0.3) is 0 Å². The smallest absolute Gasteiger partial charge is 0.317 e. The van der Waals surface area contributed by atoms with Gasteiger partial charge in [-0.25, -0.2) is 4.79 Å². The molecule has 3 amide bonds. The number of methoxy groups -OCH3 is 1. The van der Waals surface area contributed by atoms with Crippen LogP contribution in [0.2, 0.25) is 0 Å². The van der Waals surface area contributed by atoms with Crippen molar-refractivity contribution in [3.05, 3.63) is 29.8 Å². The molecule has 2 fully saturated rings. The molecule has 2 heterocycles. The molecule has 2 saturated heterocycles. The van der Waals surface area contributed by atoms with E-state index in [4.69, 9.17) is 9.47 Å². The monoisotopic (exact) mass is 389 g/mol. The van der Waals surface area contributed by atoms with Gasteiger partial charge in [0.05, 0.1) is 7.11 Å². The van der Waals surface area contributed by atoms with Gasteiger partial charge >= 0.3 is 6.03 Å². The molecule has 7 nitrogen and oxygen atoms in total. The van der Waals surface area contributed by atoms with Gasteiger partial charge in [-0.3, -0.25) is 4.79 Å². The second kappa shape index (κ2) is 9.78. The molecule has 0 bridgehead atoms. The van der Waals surface area contributed by atoms with E-state index < -0.39 is 0 Å². The first kappa shape index (κ1) is 20.5. The summed E-state index contributed by atoms with van der Waals surface area (Å²) in [7, 11) is 1.63. The standard InChI is InChI=1S/C21H31N3O4/c1-16(25)24(19-9-13-28-14-10-19)18-7-11-23(12-8-18)21(26)22-15-17-3-5-20(27-2)6-4-17/h3-6,18-19H,7-15H2,1-2H3,(H,22,26). The Bertz CT molecular complexity index is 650. The molecular formula is C21H31N3O4. The molecule has 154 valence electrons. The molecule has 1 N–H and O–H groups in total. The molecule has 2 aliphatic heterocycles. The van der Waals surface area contributed by atoms with E-state index in [-0.39, 0.29) is 24.0 Å². The fraction of sp³-hybridized carbons (Fsp3) is 0.619. The predicted molar refractivity (Wildman–Crippen MR) is 106 cm³/mol. The molecule has 1 aromatic rings. The van der Waals surface area contributed by atoms with Crippen molar-refractivity contribution in [1.82, 2.24) is 15.1 Å². The van der Waals surface area contributed by atoms with Crippen molar-refractivity contribution < 1.29 is 19.1 Å². The highest BCUT2D eigenvalue weighted by atomic mass is 16.5. The van der Waals surface area contributed by atoms with Gasteiger partial charge in [-0.1, -0.05) is 12.1 Å². The van der Waals surface area contributed by atoms with Crippen LogP contribution in [-0.4, -0.2) is 67.2 Å². The number of hydrogen-bond acceptors (Lipinski definition) is 4. The highest BCUT2D eigenvalue weighted by molar-refractivity contribution is 5.75. The summed E-state index contributed by atoms with van der Waals surface area (Å²) in [5, 5.41) is 2.99. The van der Waals surface area contributed by atoms with Crippen LogP contribution in [0.15, 0.2) is 24.3 Å². The van der Waals surface area contributed by atoms with Crippen LogP contribution >= 0.6 is 0 Å². The number of piperidine rings is 1. The molecule has 7 heteroatoms. The van der Waals surface area contributed by atoms with E-state index in [1.165, 1.54) is 0 Å². The number of nitrogens with zero attached hydrogens (tertiary/aromatic N) is 2. The summed E-state index contributed by atoms with van der Waals surface area (Å²) in [6.45, 7) is 4.94. The van der Waals surface area contributed by atoms with Gasteiger partial charge in [-0.15, -0.1) is 0 Å². The molecule has 0 radical (unpaired) electrons. The highest BCUT2D eigenvalue weighted by Crippen LogP contribution is 2.24. The minimum Gasteiger partial charge on any atom is -0.497 e. The molecule has 0 spiro atoms. The summed E-state index contributed by atoms with van der Waals surface area (Å²) in [5.41, 5.74) is 1.03. The third kappa shape index (κ3) is 5.16. The lowest BCUT2D eigenvalue weighted by Crippen LogP contribution is -2.54. The number of carbonyl (C=O) groups excluding carboxylic acids is 2. The van der Waals surface area contributed by atoms with Crippen molar-refractivity contribution in [2.75, 3.05) is 33.4 Å². The third-order valence-electron chi connectivity index (χ3n) is 5.70. The molecule has 0 saturated carbocycles. The molecule has 1 aromatic carbocycles. The second-order valence-electron chi connectivity index (χ2n) is 7.49. The first-order valence-electron chi connectivity index (χ1n) is 10.1. The lowest BCUT2D eigenvalue weighted by Gasteiger charge is -2.43. The first-order chi connectivity index (χ1) is 13.6. The van der Waals surface area contributed by atoms with E-state index in [0.717, 1.165) is 50.2 Å².